The molecule has 5 heteroatoms. The molecule has 0 aliphatic heterocycles. The molecule has 0 bridgehead atoms. The quantitative estimate of drug-likeness (QED) is 0.181. The van der Waals surface area contributed by atoms with E-state index in [-0.39, 0.29) is 0 Å². The Morgan fingerprint density at radius 2 is 1.69 bits per heavy atom. The van der Waals surface area contributed by atoms with Gasteiger partial charge < -0.3 is 20.9 Å². The molecule has 0 spiro atoms. The van der Waals surface area contributed by atoms with Crippen LogP contribution in [0.1, 0.15) is 24.5 Å². The lowest BCUT2D eigenvalue weighted by atomic mass is 9.96. The molecule has 186 valence electrons. The molecule has 4 N–H and O–H groups in total. The van der Waals surface area contributed by atoms with E-state index in [1.165, 1.54) is 25.7 Å². The van der Waals surface area contributed by atoms with Crippen molar-refractivity contribution in [3.05, 3.63) is 95.8 Å². The van der Waals surface area contributed by atoms with E-state index in [1.807, 2.05) is 13.0 Å². The van der Waals surface area contributed by atoms with Crippen LogP contribution in [0.25, 0.3) is 36.9 Å². The van der Waals surface area contributed by atoms with Crippen LogP contribution in [0.3, 0.4) is 0 Å². The first kappa shape index (κ1) is 25.7. The van der Waals surface area contributed by atoms with Crippen molar-refractivity contribution in [1.29, 1.82) is 0 Å². The number of nitrogens with two attached hydrogens (primary N) is 2. The first-order valence-corrected chi connectivity index (χ1v) is 13.0. The third kappa shape index (κ3) is 5.24. The largest absolute Gasteiger partial charge is 0.497 e. The van der Waals surface area contributed by atoms with Crippen molar-refractivity contribution in [2.75, 3.05) is 27.3 Å². The van der Waals surface area contributed by atoms with E-state index in [0.29, 0.717) is 18.8 Å². The Bertz CT molecular complexity index is 1460. The fraction of sp³-hybridized carbons (Fsp3) is 0.226. The van der Waals surface area contributed by atoms with Crippen LogP contribution in [0.4, 0.5) is 0 Å². The highest BCUT2D eigenvalue weighted by atomic mass is 32.1. The summed E-state index contributed by atoms with van der Waals surface area (Å²) >= 11 is 1.80. The topological polar surface area (TPSA) is 70.5 Å². The molecule has 36 heavy (non-hydrogen) atoms. The lowest BCUT2D eigenvalue weighted by Crippen LogP contribution is -2.03. The van der Waals surface area contributed by atoms with Crippen molar-refractivity contribution >= 4 is 37.1 Å². The SMILES string of the molecule is C=C(OC)/C(=C\C(=C/C)CCN)c1ccc2sc3ccc(-c4cc(CCN)ccc4OC)cc3c2c1. The van der Waals surface area contributed by atoms with Gasteiger partial charge in [-0.25, -0.2) is 0 Å². The molecule has 4 nitrogen and oxygen atoms in total. The summed E-state index contributed by atoms with van der Waals surface area (Å²) in [7, 11) is 3.37. The summed E-state index contributed by atoms with van der Waals surface area (Å²) in [5, 5.41) is 2.43. The zero-order valence-electron chi connectivity index (χ0n) is 21.3. The highest BCUT2D eigenvalue weighted by molar-refractivity contribution is 7.25. The number of allylic oxidation sites excluding steroid dienone is 3. The maximum atomic E-state index is 5.82. The second kappa shape index (κ2) is 11.6. The van der Waals surface area contributed by atoms with Crippen LogP contribution in [0, 0.1) is 0 Å². The molecule has 0 radical (unpaired) electrons. The van der Waals surface area contributed by atoms with Crippen molar-refractivity contribution in [1.82, 2.24) is 0 Å². The Morgan fingerprint density at radius 1 is 0.944 bits per heavy atom. The zero-order chi connectivity index (χ0) is 25.7. The van der Waals surface area contributed by atoms with E-state index >= 15 is 0 Å². The van der Waals surface area contributed by atoms with Crippen molar-refractivity contribution in [3.8, 4) is 16.9 Å². The molecule has 1 aromatic heterocycles. The van der Waals surface area contributed by atoms with Crippen LogP contribution in [-0.4, -0.2) is 27.3 Å². The van der Waals surface area contributed by atoms with Gasteiger partial charge in [-0.3, -0.25) is 0 Å². The third-order valence-electron chi connectivity index (χ3n) is 6.47. The van der Waals surface area contributed by atoms with Gasteiger partial charge in [-0.15, -0.1) is 11.3 Å². The molecule has 0 saturated carbocycles. The van der Waals surface area contributed by atoms with Gasteiger partial charge in [0.1, 0.15) is 11.5 Å². The number of fused-ring (bicyclic) bond motifs is 3. The van der Waals surface area contributed by atoms with Crippen LogP contribution in [-0.2, 0) is 11.2 Å². The van der Waals surface area contributed by atoms with E-state index in [2.05, 4.69) is 67.3 Å². The molecular formula is C31H34N2O2S. The van der Waals surface area contributed by atoms with Crippen molar-refractivity contribution in [3.63, 3.8) is 0 Å². The zero-order valence-corrected chi connectivity index (χ0v) is 22.1. The van der Waals surface area contributed by atoms with Gasteiger partial charge in [0.25, 0.3) is 0 Å². The van der Waals surface area contributed by atoms with Crippen LogP contribution in [0.5, 0.6) is 5.75 Å². The summed E-state index contributed by atoms with van der Waals surface area (Å²) in [4.78, 5) is 0. The normalized spacial score (nSPS) is 12.4. The van der Waals surface area contributed by atoms with Gasteiger partial charge in [-0.05, 0) is 92.0 Å². The Hall–Kier alpha value is -3.38. The average Bonchev–Trinajstić information content (AvgIpc) is 3.28. The summed E-state index contributed by atoms with van der Waals surface area (Å²) in [6.07, 6.45) is 5.86. The third-order valence-corrected chi connectivity index (χ3v) is 7.62. The highest BCUT2D eigenvalue weighted by Crippen LogP contribution is 2.40. The molecule has 0 unspecified atom stereocenters. The second-order valence-electron chi connectivity index (χ2n) is 8.68. The minimum Gasteiger partial charge on any atom is -0.497 e. The monoisotopic (exact) mass is 498 g/mol. The first-order chi connectivity index (χ1) is 17.5. The summed E-state index contributed by atoms with van der Waals surface area (Å²) in [5.41, 5.74) is 18.2. The predicted molar refractivity (Wildman–Crippen MR) is 156 cm³/mol. The standard InChI is InChI=1S/C31H34N2O2S/c1-5-21(12-14-32)16-25(20(2)34-3)23-7-10-30-27(18-23)28-19-24(8-11-31(28)36-30)26-17-22(13-15-33)6-9-29(26)35-4/h5-11,16-19H,2,12-15,32-33H2,1,3-4H3/b21-5-,25-16+. The van der Waals surface area contributed by atoms with E-state index in [0.717, 1.165) is 46.4 Å². The van der Waals surface area contributed by atoms with Crippen LogP contribution >= 0.6 is 11.3 Å². The van der Waals surface area contributed by atoms with Gasteiger partial charge in [0, 0.05) is 31.3 Å². The Labute approximate surface area is 217 Å². The Morgan fingerprint density at radius 3 is 2.36 bits per heavy atom. The summed E-state index contributed by atoms with van der Waals surface area (Å²) < 4.78 is 13.7. The lowest BCUT2D eigenvalue weighted by molar-refractivity contribution is 0.313. The van der Waals surface area contributed by atoms with Gasteiger partial charge >= 0.3 is 0 Å². The van der Waals surface area contributed by atoms with E-state index < -0.39 is 0 Å². The van der Waals surface area contributed by atoms with E-state index in [9.17, 15) is 0 Å². The van der Waals surface area contributed by atoms with Gasteiger partial charge in [0.2, 0.25) is 0 Å². The van der Waals surface area contributed by atoms with Gasteiger partial charge in [-0.2, -0.15) is 0 Å². The molecule has 0 atom stereocenters. The van der Waals surface area contributed by atoms with Gasteiger partial charge in [0.05, 0.1) is 14.2 Å². The van der Waals surface area contributed by atoms with Crippen LogP contribution in [0.15, 0.2) is 84.7 Å². The summed E-state index contributed by atoms with van der Waals surface area (Å²) in [5.74, 6) is 1.49. The van der Waals surface area contributed by atoms with Crippen molar-refractivity contribution in [2.45, 2.75) is 19.8 Å². The van der Waals surface area contributed by atoms with Crippen LogP contribution in [0.2, 0.25) is 0 Å². The molecule has 0 aliphatic carbocycles. The highest BCUT2D eigenvalue weighted by Gasteiger charge is 2.14. The molecule has 0 fully saturated rings. The fourth-order valence-corrected chi connectivity index (χ4v) is 5.57. The Balaban J connectivity index is 1.88. The molecule has 1 heterocycles. The minimum absolute atomic E-state index is 0.593. The molecule has 3 aromatic carbocycles. The first-order valence-electron chi connectivity index (χ1n) is 12.2. The number of benzene rings is 3. The smallest absolute Gasteiger partial charge is 0.126 e. The predicted octanol–water partition coefficient (Wildman–Crippen LogP) is 7.07. The van der Waals surface area contributed by atoms with E-state index in [4.69, 9.17) is 20.9 Å². The summed E-state index contributed by atoms with van der Waals surface area (Å²) in [6.45, 7) is 7.39. The number of rotatable bonds is 10. The number of thiophene rings is 1. The number of methoxy groups -OCH3 is 2. The maximum Gasteiger partial charge on any atom is 0.126 e. The van der Waals surface area contributed by atoms with Crippen LogP contribution < -0.4 is 16.2 Å². The van der Waals surface area contributed by atoms with E-state index in [1.54, 1.807) is 25.6 Å². The molecule has 4 rings (SSSR count). The molecule has 4 aromatic rings. The molecule has 0 aliphatic rings. The average molecular weight is 499 g/mol. The lowest BCUT2D eigenvalue weighted by Gasteiger charge is -2.12. The number of ether oxygens (including phenoxy) is 2. The van der Waals surface area contributed by atoms with Gasteiger partial charge in [0.15, 0.2) is 0 Å². The molecular weight excluding hydrogens is 464 g/mol. The van der Waals surface area contributed by atoms with Gasteiger partial charge in [-0.1, -0.05) is 36.4 Å². The van der Waals surface area contributed by atoms with Crippen molar-refractivity contribution < 1.29 is 9.47 Å². The molecule has 0 saturated heterocycles. The molecule has 0 amide bonds. The second-order valence-corrected chi connectivity index (χ2v) is 9.77. The number of hydrogen-bond acceptors (Lipinski definition) is 5. The Kier molecular flexibility index (Phi) is 8.26. The van der Waals surface area contributed by atoms with Crippen molar-refractivity contribution in [2.24, 2.45) is 11.5 Å². The fourth-order valence-electron chi connectivity index (χ4n) is 4.50. The number of hydrogen-bond donors (Lipinski definition) is 2. The summed E-state index contributed by atoms with van der Waals surface area (Å²) in [6, 6.07) is 19.5. The minimum atomic E-state index is 0.593. The maximum absolute atomic E-state index is 5.82.